The molecule has 34 heavy (non-hydrogen) atoms. The highest BCUT2D eigenvalue weighted by molar-refractivity contribution is 6.31. The summed E-state index contributed by atoms with van der Waals surface area (Å²) in [6.45, 7) is -0.287. The maximum Gasteiger partial charge on any atom is 0.322 e. The van der Waals surface area contributed by atoms with Crippen LogP contribution in [0.5, 0.6) is 11.6 Å². The Bertz CT molecular complexity index is 1160. The summed E-state index contributed by atoms with van der Waals surface area (Å²) in [5, 5.41) is 34.8. The lowest BCUT2D eigenvalue weighted by atomic mass is 10.1. The molecule has 12 nitrogen and oxygen atoms in total. The van der Waals surface area contributed by atoms with E-state index in [0.717, 1.165) is 0 Å². The third-order valence-electron chi connectivity index (χ3n) is 4.93. The van der Waals surface area contributed by atoms with Crippen molar-refractivity contribution in [3.8, 4) is 11.6 Å². The third-order valence-corrected chi connectivity index (χ3v) is 5.30. The Morgan fingerprint density at radius 3 is 2.44 bits per heavy atom. The van der Waals surface area contributed by atoms with E-state index in [2.05, 4.69) is 5.32 Å². The van der Waals surface area contributed by atoms with Crippen LogP contribution in [0.1, 0.15) is 26.3 Å². The highest BCUT2D eigenvalue weighted by Gasteiger charge is 2.30. The number of amides is 2. The molecule has 2 heterocycles. The van der Waals surface area contributed by atoms with Gasteiger partial charge in [-0.15, -0.1) is 0 Å². The molecule has 2 amide bonds. The predicted octanol–water partition coefficient (Wildman–Crippen LogP) is -0.0792. The molecular formula is C21H22ClN3O9. The van der Waals surface area contributed by atoms with Gasteiger partial charge in [-0.05, 0) is 11.6 Å². The van der Waals surface area contributed by atoms with Gasteiger partial charge < -0.3 is 35.4 Å². The first-order chi connectivity index (χ1) is 16.2. The van der Waals surface area contributed by atoms with E-state index in [9.17, 15) is 29.4 Å². The van der Waals surface area contributed by atoms with Crippen molar-refractivity contribution in [3.63, 3.8) is 0 Å². The summed E-state index contributed by atoms with van der Waals surface area (Å²) in [4.78, 5) is 49.3. The molecule has 3 rings (SSSR count). The van der Waals surface area contributed by atoms with Gasteiger partial charge in [-0.2, -0.15) is 0 Å². The van der Waals surface area contributed by atoms with Gasteiger partial charge in [-0.3, -0.25) is 23.7 Å². The van der Waals surface area contributed by atoms with E-state index in [4.69, 9.17) is 26.2 Å². The third kappa shape index (κ3) is 5.65. The zero-order valence-corrected chi connectivity index (χ0v) is 18.5. The second-order valence-electron chi connectivity index (χ2n) is 7.26. The molecular weight excluding hydrogens is 474 g/mol. The van der Waals surface area contributed by atoms with Crippen molar-refractivity contribution in [2.45, 2.75) is 12.6 Å². The number of pyridine rings is 1. The van der Waals surface area contributed by atoms with Crippen molar-refractivity contribution in [1.82, 2.24) is 15.2 Å². The number of carboxylic acid groups (broad SMARTS) is 1. The molecule has 0 saturated carbocycles. The monoisotopic (exact) mass is 495 g/mol. The number of hydrogen-bond donors (Lipinski definition) is 5. The normalized spacial score (nSPS) is 15.5. The predicted molar refractivity (Wildman–Crippen MR) is 117 cm³/mol. The van der Waals surface area contributed by atoms with Crippen molar-refractivity contribution >= 4 is 29.4 Å². The fraction of sp³-hybridized carbons (Fsp3) is 0.333. The van der Waals surface area contributed by atoms with Crippen LogP contribution in [0.25, 0.3) is 0 Å². The lowest BCUT2D eigenvalue weighted by molar-refractivity contribution is -0.135. The Hall–Kier alpha value is -3.61. The van der Waals surface area contributed by atoms with Gasteiger partial charge in [0, 0.05) is 11.6 Å². The first kappa shape index (κ1) is 25.0. The quantitative estimate of drug-likeness (QED) is 0.335. The summed E-state index contributed by atoms with van der Waals surface area (Å²) in [6, 6.07) is 6.38. The van der Waals surface area contributed by atoms with E-state index in [1.807, 2.05) is 5.32 Å². The zero-order valence-electron chi connectivity index (χ0n) is 17.7. The second kappa shape index (κ2) is 11.0. The standard InChI is InChI=1S/C21H22ClN3O9/c22-13-4-2-1-3-11(13)9-25-20(31)15(18(29)23-7-12-10-33-5-6-34-12)17(28)16(21(25)32)19(30)24-8-14(26)27/h1-4,12,28,32H,5-10H2,(H,23,29)(H,24,30)(H,26,27). The number of nitrogens with one attached hydrogen (secondary N) is 2. The van der Waals surface area contributed by atoms with Crippen molar-refractivity contribution in [1.29, 1.82) is 0 Å². The Balaban J connectivity index is 2.03. The smallest absolute Gasteiger partial charge is 0.322 e. The largest absolute Gasteiger partial charge is 0.506 e. The van der Waals surface area contributed by atoms with Crippen molar-refractivity contribution < 1.29 is 39.2 Å². The fourth-order valence-corrected chi connectivity index (χ4v) is 3.44. The minimum absolute atomic E-state index is 0.0519. The first-order valence-electron chi connectivity index (χ1n) is 10.1. The van der Waals surface area contributed by atoms with Gasteiger partial charge in [0.25, 0.3) is 17.4 Å². The summed E-state index contributed by atoms with van der Waals surface area (Å²) in [5.74, 6) is -5.69. The van der Waals surface area contributed by atoms with Gasteiger partial charge in [-0.25, -0.2) is 0 Å². The molecule has 0 bridgehead atoms. The van der Waals surface area contributed by atoms with E-state index in [0.29, 0.717) is 23.3 Å². The first-order valence-corrected chi connectivity index (χ1v) is 10.5. The van der Waals surface area contributed by atoms with Gasteiger partial charge >= 0.3 is 5.97 Å². The topological polar surface area (TPSA) is 176 Å². The van der Waals surface area contributed by atoms with Gasteiger partial charge in [0.2, 0.25) is 5.88 Å². The van der Waals surface area contributed by atoms with Crippen LogP contribution in [0.15, 0.2) is 29.1 Å². The van der Waals surface area contributed by atoms with Crippen LogP contribution >= 0.6 is 11.6 Å². The van der Waals surface area contributed by atoms with E-state index < -0.39 is 58.7 Å². The number of aromatic nitrogens is 1. The number of aromatic hydroxyl groups is 2. The van der Waals surface area contributed by atoms with Crippen LogP contribution in [0, 0.1) is 0 Å². The Labute approximate surface area is 197 Å². The van der Waals surface area contributed by atoms with Crippen molar-refractivity contribution in [2.24, 2.45) is 0 Å². The molecule has 1 atom stereocenters. The minimum atomic E-state index is -1.38. The molecule has 0 aliphatic carbocycles. The lowest BCUT2D eigenvalue weighted by Crippen LogP contribution is -2.42. The number of rotatable bonds is 8. The molecule has 0 radical (unpaired) electrons. The van der Waals surface area contributed by atoms with Crippen LogP contribution in [-0.2, 0) is 20.8 Å². The number of nitrogens with zero attached hydrogens (tertiary/aromatic N) is 1. The Morgan fingerprint density at radius 2 is 1.79 bits per heavy atom. The van der Waals surface area contributed by atoms with Crippen LogP contribution in [0.3, 0.4) is 0 Å². The number of carbonyl (C=O) groups is 3. The summed E-state index contributed by atoms with van der Waals surface area (Å²) < 4.78 is 11.3. The maximum atomic E-state index is 13.1. The van der Waals surface area contributed by atoms with Crippen molar-refractivity contribution in [2.75, 3.05) is 32.9 Å². The zero-order chi connectivity index (χ0) is 24.8. The molecule has 1 aromatic carbocycles. The molecule has 1 fully saturated rings. The van der Waals surface area contributed by atoms with E-state index in [1.54, 1.807) is 24.3 Å². The number of aliphatic carboxylic acids is 1. The molecule has 13 heteroatoms. The molecule has 1 saturated heterocycles. The summed E-state index contributed by atoms with van der Waals surface area (Å²) >= 11 is 6.14. The number of halogens is 1. The van der Waals surface area contributed by atoms with Crippen LogP contribution in [-0.4, -0.2) is 76.7 Å². The molecule has 1 aliphatic rings. The summed E-state index contributed by atoms with van der Waals surface area (Å²) in [5.41, 5.74) is -2.37. The lowest BCUT2D eigenvalue weighted by Gasteiger charge is -2.23. The average molecular weight is 496 g/mol. The molecule has 5 N–H and O–H groups in total. The maximum absolute atomic E-state index is 13.1. The number of carboxylic acids is 1. The molecule has 1 unspecified atom stereocenters. The van der Waals surface area contributed by atoms with E-state index in [-0.39, 0.29) is 24.7 Å². The van der Waals surface area contributed by atoms with E-state index >= 15 is 0 Å². The van der Waals surface area contributed by atoms with Gasteiger partial charge in [0.15, 0.2) is 5.75 Å². The SMILES string of the molecule is O=C(O)CNC(=O)c1c(O)c(C(=O)NCC2COCCO2)c(=O)n(Cc2ccccc2Cl)c1O. The number of benzene rings is 1. The number of hydrogen-bond acceptors (Lipinski definition) is 8. The van der Waals surface area contributed by atoms with E-state index in [1.165, 1.54) is 0 Å². The number of carbonyl (C=O) groups excluding carboxylic acids is 2. The molecule has 1 aromatic heterocycles. The Kier molecular flexibility index (Phi) is 8.10. The van der Waals surface area contributed by atoms with Gasteiger partial charge in [-0.1, -0.05) is 29.8 Å². The summed E-state index contributed by atoms with van der Waals surface area (Å²) in [7, 11) is 0. The number of ether oxygens (including phenoxy) is 2. The van der Waals surface area contributed by atoms with Crippen LogP contribution < -0.4 is 16.2 Å². The highest BCUT2D eigenvalue weighted by atomic mass is 35.5. The Morgan fingerprint density at radius 1 is 1.09 bits per heavy atom. The van der Waals surface area contributed by atoms with Crippen LogP contribution in [0.2, 0.25) is 5.02 Å². The molecule has 0 spiro atoms. The van der Waals surface area contributed by atoms with Gasteiger partial charge in [0.05, 0.1) is 32.5 Å². The van der Waals surface area contributed by atoms with Crippen molar-refractivity contribution in [3.05, 3.63) is 56.3 Å². The minimum Gasteiger partial charge on any atom is -0.506 e. The molecule has 2 aromatic rings. The van der Waals surface area contributed by atoms with Gasteiger partial charge in [0.1, 0.15) is 17.7 Å². The molecule has 1 aliphatic heterocycles. The van der Waals surface area contributed by atoms with Crippen LogP contribution in [0.4, 0.5) is 0 Å². The second-order valence-corrected chi connectivity index (χ2v) is 7.67. The average Bonchev–Trinajstić information content (AvgIpc) is 2.81. The fourth-order valence-electron chi connectivity index (χ4n) is 3.25. The summed E-state index contributed by atoms with van der Waals surface area (Å²) in [6.07, 6.45) is -0.486. The highest BCUT2D eigenvalue weighted by Crippen LogP contribution is 2.29. The molecule has 182 valence electrons.